The summed E-state index contributed by atoms with van der Waals surface area (Å²) < 4.78 is 0. The highest BCUT2D eigenvalue weighted by molar-refractivity contribution is 6.08. The van der Waals surface area contributed by atoms with Crippen LogP contribution in [0.25, 0.3) is 0 Å². The number of amides is 1. The topological polar surface area (TPSA) is 110 Å². The number of fused-ring (bicyclic) bond motifs is 1. The van der Waals surface area contributed by atoms with Crippen LogP contribution in [-0.4, -0.2) is 35.4 Å². The molecule has 0 radical (unpaired) electrons. The van der Waals surface area contributed by atoms with Gasteiger partial charge < -0.3 is 9.80 Å². The normalized spacial score (nSPS) is 15.6. The van der Waals surface area contributed by atoms with E-state index < -0.39 is 15.8 Å². The molecule has 1 saturated heterocycles. The first-order valence-electron chi connectivity index (χ1n) is 9.08. The van der Waals surface area contributed by atoms with Crippen LogP contribution in [0.2, 0.25) is 0 Å². The zero-order valence-electron chi connectivity index (χ0n) is 15.0. The fraction of sp³-hybridized carbons (Fsp3) is 0.316. The van der Waals surface area contributed by atoms with Gasteiger partial charge in [0, 0.05) is 43.4 Å². The molecule has 0 saturated carbocycles. The molecule has 144 valence electrons. The maximum Gasteiger partial charge on any atom is 0.293 e. The lowest BCUT2D eigenvalue weighted by Gasteiger charge is -2.20. The van der Waals surface area contributed by atoms with Crippen molar-refractivity contribution in [3.8, 4) is 0 Å². The van der Waals surface area contributed by atoms with E-state index in [1.807, 2.05) is 4.90 Å². The molecule has 2 aromatic carbocycles. The Morgan fingerprint density at radius 1 is 0.893 bits per heavy atom. The van der Waals surface area contributed by atoms with Crippen molar-refractivity contribution in [1.82, 2.24) is 0 Å². The number of benzene rings is 2. The Morgan fingerprint density at radius 2 is 1.64 bits per heavy atom. The van der Waals surface area contributed by atoms with E-state index in [-0.39, 0.29) is 16.9 Å². The van der Waals surface area contributed by atoms with E-state index in [4.69, 9.17) is 0 Å². The van der Waals surface area contributed by atoms with Crippen LogP contribution in [0.5, 0.6) is 0 Å². The second kappa shape index (κ2) is 6.91. The summed E-state index contributed by atoms with van der Waals surface area (Å²) in [4.78, 5) is 38.1. The van der Waals surface area contributed by atoms with Crippen molar-refractivity contribution in [1.29, 1.82) is 0 Å². The van der Waals surface area contributed by atoms with Gasteiger partial charge in [0.05, 0.1) is 15.5 Å². The van der Waals surface area contributed by atoms with Gasteiger partial charge in [-0.05, 0) is 37.0 Å². The third-order valence-electron chi connectivity index (χ3n) is 5.29. The standard InChI is InChI=1S/C19H18N4O5/c24-19(21-10-7-13-3-5-15(22(25)26)12-17(13)21)14-4-6-16(18(11-14)23(27)28)20-8-1-2-9-20/h3-6,11-12H,1-2,7-10H2. The van der Waals surface area contributed by atoms with E-state index >= 15 is 0 Å². The number of carbonyl (C=O) groups excluding carboxylic acids is 1. The Balaban J connectivity index is 1.68. The molecule has 0 aliphatic carbocycles. The Labute approximate surface area is 160 Å². The molecule has 4 rings (SSSR count). The summed E-state index contributed by atoms with van der Waals surface area (Å²) in [7, 11) is 0. The van der Waals surface area contributed by atoms with Gasteiger partial charge in [0.25, 0.3) is 17.3 Å². The van der Waals surface area contributed by atoms with Gasteiger partial charge in [-0.2, -0.15) is 0 Å². The van der Waals surface area contributed by atoms with Crippen LogP contribution >= 0.6 is 0 Å². The molecule has 9 nitrogen and oxygen atoms in total. The molecule has 2 aromatic rings. The van der Waals surface area contributed by atoms with Crippen LogP contribution in [0, 0.1) is 20.2 Å². The summed E-state index contributed by atoms with van der Waals surface area (Å²) in [6.45, 7) is 1.91. The van der Waals surface area contributed by atoms with Crippen LogP contribution in [0.3, 0.4) is 0 Å². The minimum absolute atomic E-state index is 0.0891. The number of nitrogens with zero attached hydrogens (tertiary/aromatic N) is 4. The van der Waals surface area contributed by atoms with Crippen LogP contribution in [0.1, 0.15) is 28.8 Å². The first-order chi connectivity index (χ1) is 13.5. The van der Waals surface area contributed by atoms with Crippen molar-refractivity contribution in [3.05, 3.63) is 67.8 Å². The lowest BCUT2D eigenvalue weighted by Crippen LogP contribution is -2.29. The van der Waals surface area contributed by atoms with Gasteiger partial charge >= 0.3 is 0 Å². The highest BCUT2D eigenvalue weighted by Crippen LogP contribution is 2.35. The average molecular weight is 382 g/mol. The Morgan fingerprint density at radius 3 is 2.32 bits per heavy atom. The Kier molecular flexibility index (Phi) is 4.42. The number of nitro groups is 2. The zero-order valence-corrected chi connectivity index (χ0v) is 15.0. The van der Waals surface area contributed by atoms with Gasteiger partial charge in [-0.3, -0.25) is 25.0 Å². The Bertz CT molecular complexity index is 984. The summed E-state index contributed by atoms with van der Waals surface area (Å²) >= 11 is 0. The number of nitro benzene ring substituents is 2. The fourth-order valence-electron chi connectivity index (χ4n) is 3.88. The number of hydrogen-bond acceptors (Lipinski definition) is 6. The van der Waals surface area contributed by atoms with E-state index in [9.17, 15) is 25.0 Å². The van der Waals surface area contributed by atoms with Crippen molar-refractivity contribution in [2.75, 3.05) is 29.4 Å². The molecular formula is C19H18N4O5. The molecule has 0 atom stereocenters. The van der Waals surface area contributed by atoms with E-state index in [1.165, 1.54) is 23.1 Å². The van der Waals surface area contributed by atoms with Crippen LogP contribution in [0.15, 0.2) is 36.4 Å². The minimum atomic E-state index is -0.503. The number of anilines is 2. The predicted octanol–water partition coefficient (Wildman–Crippen LogP) is 3.31. The van der Waals surface area contributed by atoms with Gasteiger partial charge in [-0.1, -0.05) is 6.07 Å². The molecule has 0 aromatic heterocycles. The molecule has 1 amide bonds. The first kappa shape index (κ1) is 17.9. The van der Waals surface area contributed by atoms with Gasteiger partial charge in [0.15, 0.2) is 0 Å². The van der Waals surface area contributed by atoms with Crippen LogP contribution < -0.4 is 9.80 Å². The third-order valence-corrected chi connectivity index (χ3v) is 5.29. The molecule has 0 bridgehead atoms. The first-order valence-corrected chi connectivity index (χ1v) is 9.08. The van der Waals surface area contributed by atoms with Crippen molar-refractivity contribution >= 4 is 28.7 Å². The molecule has 0 unspecified atom stereocenters. The second-order valence-electron chi connectivity index (χ2n) is 6.93. The van der Waals surface area contributed by atoms with Crippen molar-refractivity contribution in [3.63, 3.8) is 0 Å². The largest absolute Gasteiger partial charge is 0.366 e. The monoisotopic (exact) mass is 382 g/mol. The fourth-order valence-corrected chi connectivity index (χ4v) is 3.88. The average Bonchev–Trinajstić information content (AvgIpc) is 3.36. The summed E-state index contributed by atoms with van der Waals surface area (Å²) in [6.07, 6.45) is 2.56. The second-order valence-corrected chi connectivity index (χ2v) is 6.93. The maximum absolute atomic E-state index is 13.0. The van der Waals surface area contributed by atoms with E-state index in [0.717, 1.165) is 31.5 Å². The van der Waals surface area contributed by atoms with E-state index in [0.29, 0.717) is 24.3 Å². The number of carbonyl (C=O) groups is 1. The van der Waals surface area contributed by atoms with Gasteiger partial charge in [-0.25, -0.2) is 0 Å². The Hall–Kier alpha value is -3.49. The molecule has 28 heavy (non-hydrogen) atoms. The predicted molar refractivity (Wildman–Crippen MR) is 103 cm³/mol. The van der Waals surface area contributed by atoms with Gasteiger partial charge in [0.1, 0.15) is 5.69 Å². The minimum Gasteiger partial charge on any atom is -0.366 e. The molecule has 2 aliphatic heterocycles. The maximum atomic E-state index is 13.0. The number of hydrogen-bond donors (Lipinski definition) is 0. The zero-order chi connectivity index (χ0) is 19.8. The van der Waals surface area contributed by atoms with E-state index in [2.05, 4.69) is 0 Å². The molecule has 0 spiro atoms. The van der Waals surface area contributed by atoms with Gasteiger partial charge in [0.2, 0.25) is 0 Å². The molecule has 1 fully saturated rings. The van der Waals surface area contributed by atoms with Crippen LogP contribution in [0.4, 0.5) is 22.7 Å². The van der Waals surface area contributed by atoms with Gasteiger partial charge in [-0.15, -0.1) is 0 Å². The number of rotatable bonds is 4. The highest BCUT2D eigenvalue weighted by atomic mass is 16.6. The summed E-state index contributed by atoms with van der Waals surface area (Å²) in [6, 6.07) is 8.99. The van der Waals surface area contributed by atoms with Crippen molar-refractivity contribution in [2.45, 2.75) is 19.3 Å². The number of non-ortho nitro benzene ring substituents is 1. The van der Waals surface area contributed by atoms with Crippen molar-refractivity contribution in [2.24, 2.45) is 0 Å². The molecule has 9 heteroatoms. The third kappa shape index (κ3) is 3.04. The summed E-state index contributed by atoms with van der Waals surface area (Å²) in [5, 5.41) is 22.6. The van der Waals surface area contributed by atoms with E-state index in [1.54, 1.807) is 18.2 Å². The molecular weight excluding hydrogens is 364 g/mol. The summed E-state index contributed by atoms with van der Waals surface area (Å²) in [5.41, 5.74) is 1.89. The highest BCUT2D eigenvalue weighted by Gasteiger charge is 2.30. The lowest BCUT2D eigenvalue weighted by molar-refractivity contribution is -0.384. The SMILES string of the molecule is O=C(c1ccc(N2CCCC2)c([N+](=O)[O-])c1)N1CCc2ccc([N+](=O)[O-])cc21. The quantitative estimate of drug-likeness (QED) is 0.593. The molecule has 2 aliphatic rings. The van der Waals surface area contributed by atoms with Crippen LogP contribution in [-0.2, 0) is 6.42 Å². The molecule has 0 N–H and O–H groups in total. The van der Waals surface area contributed by atoms with Crippen molar-refractivity contribution < 1.29 is 14.6 Å². The summed E-state index contributed by atoms with van der Waals surface area (Å²) in [5.74, 6) is -0.393. The lowest BCUT2D eigenvalue weighted by atomic mass is 10.1. The molecule has 2 heterocycles. The smallest absolute Gasteiger partial charge is 0.293 e.